The van der Waals surface area contributed by atoms with Crippen LogP contribution in [0.1, 0.15) is 32.8 Å². The molecule has 0 atom stereocenters. The number of nitrogens with zero attached hydrogens (tertiary/aromatic N) is 1. The summed E-state index contributed by atoms with van der Waals surface area (Å²) < 4.78 is 9.43. The van der Waals surface area contributed by atoms with Crippen LogP contribution in [-0.4, -0.2) is 43.5 Å². The molecule has 1 N–H and O–H groups in total. The fraction of sp³-hybridized carbons (Fsp3) is 0.444. The third-order valence-corrected chi connectivity index (χ3v) is 3.44. The van der Waals surface area contributed by atoms with Gasteiger partial charge < -0.3 is 14.6 Å². The van der Waals surface area contributed by atoms with Gasteiger partial charge in [0.2, 0.25) is 0 Å². The third kappa shape index (κ3) is 5.70. The van der Waals surface area contributed by atoms with Crippen molar-refractivity contribution in [1.29, 1.82) is 0 Å². The lowest BCUT2D eigenvalue weighted by molar-refractivity contribution is -0.138. The van der Waals surface area contributed by atoms with Crippen molar-refractivity contribution in [3.63, 3.8) is 0 Å². The maximum absolute atomic E-state index is 12.1. The molecule has 1 amide bonds. The number of hydrogen-bond donors (Lipinski definition) is 1. The van der Waals surface area contributed by atoms with Crippen LogP contribution in [0.5, 0.6) is 0 Å². The van der Waals surface area contributed by atoms with Gasteiger partial charge in [-0.2, -0.15) is 0 Å². The Morgan fingerprint density at radius 1 is 1.21 bits per heavy atom. The summed E-state index contributed by atoms with van der Waals surface area (Å²) in [5, 5.41) is 9.88. The molecule has 0 aliphatic heterocycles. The van der Waals surface area contributed by atoms with E-state index in [1.165, 1.54) is 19.1 Å². The van der Waals surface area contributed by atoms with Gasteiger partial charge in [0.25, 0.3) is 0 Å². The van der Waals surface area contributed by atoms with E-state index in [2.05, 4.69) is 4.74 Å². The van der Waals surface area contributed by atoms with Gasteiger partial charge in [-0.1, -0.05) is 24.3 Å². The Kier molecular flexibility index (Phi) is 6.97. The van der Waals surface area contributed by atoms with Crippen LogP contribution < -0.4 is 4.90 Å². The molecule has 24 heavy (non-hydrogen) atoms. The number of carbonyl (C=O) groups excluding carboxylic acids is 2. The van der Waals surface area contributed by atoms with Crippen molar-refractivity contribution in [2.45, 2.75) is 32.8 Å². The molecule has 0 aliphatic carbocycles. The van der Waals surface area contributed by atoms with E-state index >= 15 is 0 Å². The first-order valence-electron chi connectivity index (χ1n) is 7.60. The zero-order chi connectivity index (χ0) is 18.3. The Labute approximate surface area is 142 Å². The van der Waals surface area contributed by atoms with Gasteiger partial charge in [-0.15, -0.1) is 0 Å². The van der Waals surface area contributed by atoms with Gasteiger partial charge in [0, 0.05) is 5.56 Å². The lowest BCUT2D eigenvalue weighted by Crippen LogP contribution is -2.36. The van der Waals surface area contributed by atoms with Crippen LogP contribution in [0.2, 0.25) is 0 Å². The van der Waals surface area contributed by atoms with Gasteiger partial charge in [-0.25, -0.2) is 4.79 Å². The van der Waals surface area contributed by atoms with Gasteiger partial charge in [-0.05, 0) is 38.8 Å². The highest BCUT2D eigenvalue weighted by Gasteiger charge is 2.23. The van der Waals surface area contributed by atoms with Gasteiger partial charge in [0.1, 0.15) is 6.54 Å². The zero-order valence-corrected chi connectivity index (χ0v) is 14.8. The molecule has 0 spiro atoms. The third-order valence-electron chi connectivity index (χ3n) is 3.44. The van der Waals surface area contributed by atoms with E-state index in [0.29, 0.717) is 12.1 Å². The molecule has 0 saturated carbocycles. The number of allylic oxidation sites excluding steroid dienone is 1. The van der Waals surface area contributed by atoms with Crippen LogP contribution in [0.15, 0.2) is 30.3 Å². The maximum Gasteiger partial charge on any atom is 0.414 e. The average Bonchev–Trinajstić information content (AvgIpc) is 2.55. The first kappa shape index (κ1) is 19.7. The second-order valence-electron chi connectivity index (χ2n) is 6.05. The highest BCUT2D eigenvalue weighted by Crippen LogP contribution is 2.28. The van der Waals surface area contributed by atoms with E-state index in [9.17, 15) is 14.7 Å². The number of methoxy groups -OCH3 is 2. The van der Waals surface area contributed by atoms with E-state index in [1.54, 1.807) is 26.0 Å². The van der Waals surface area contributed by atoms with Gasteiger partial charge in [-0.3, -0.25) is 9.69 Å². The van der Waals surface area contributed by atoms with Crippen molar-refractivity contribution >= 4 is 23.3 Å². The summed E-state index contributed by atoms with van der Waals surface area (Å²) in [6, 6.07) is 7.19. The van der Waals surface area contributed by atoms with Crippen molar-refractivity contribution in [2.24, 2.45) is 0 Å². The molecule has 6 heteroatoms. The number of carbonyl (C=O) groups is 2. The number of para-hydroxylation sites is 1. The maximum atomic E-state index is 12.1. The van der Waals surface area contributed by atoms with Crippen LogP contribution >= 0.6 is 0 Å². The summed E-state index contributed by atoms with van der Waals surface area (Å²) in [5.74, 6) is -0.548. The summed E-state index contributed by atoms with van der Waals surface area (Å²) in [4.78, 5) is 25.0. The summed E-state index contributed by atoms with van der Waals surface area (Å²) in [7, 11) is 2.52. The van der Waals surface area contributed by atoms with E-state index in [4.69, 9.17) is 4.74 Å². The molecule has 0 bridgehead atoms. The standard InChI is InChI=1S/C18H25NO5/c1-13(10-11-18(2,3)22)14-8-6-7-9-15(14)19(17(21)24-5)12-16(20)23-4/h6-10,22H,11-12H2,1-5H3/b13-10+. The smallest absolute Gasteiger partial charge is 0.414 e. The number of esters is 1. The van der Waals surface area contributed by atoms with E-state index < -0.39 is 17.7 Å². The minimum Gasteiger partial charge on any atom is -0.468 e. The molecule has 1 rings (SSSR count). The summed E-state index contributed by atoms with van der Waals surface area (Å²) in [5.41, 5.74) is 1.37. The van der Waals surface area contributed by atoms with E-state index in [0.717, 1.165) is 11.1 Å². The number of ether oxygens (including phenoxy) is 2. The molecule has 1 aromatic rings. The van der Waals surface area contributed by atoms with Gasteiger partial charge in [0.05, 0.1) is 25.5 Å². The lowest BCUT2D eigenvalue weighted by Gasteiger charge is -2.23. The molecule has 0 radical (unpaired) electrons. The SMILES string of the molecule is COC(=O)CN(C(=O)OC)c1ccccc1/C(C)=C/CC(C)(C)O. The quantitative estimate of drug-likeness (QED) is 0.809. The van der Waals surface area contributed by atoms with Crippen LogP contribution in [0.25, 0.3) is 5.57 Å². The van der Waals surface area contributed by atoms with Crippen LogP contribution in [-0.2, 0) is 14.3 Å². The molecule has 0 unspecified atom stereocenters. The minimum atomic E-state index is -0.829. The molecule has 0 aliphatic rings. The number of benzene rings is 1. The average molecular weight is 335 g/mol. The number of rotatable bonds is 6. The predicted molar refractivity (Wildman–Crippen MR) is 92.8 cm³/mol. The second kappa shape index (κ2) is 8.49. The van der Waals surface area contributed by atoms with Crippen molar-refractivity contribution in [2.75, 3.05) is 25.7 Å². The Balaban J connectivity index is 3.26. The fourth-order valence-corrected chi connectivity index (χ4v) is 2.11. The molecule has 1 aromatic carbocycles. The predicted octanol–water partition coefficient (Wildman–Crippen LogP) is 3.00. The number of anilines is 1. The number of aliphatic hydroxyl groups is 1. The highest BCUT2D eigenvalue weighted by molar-refractivity contribution is 5.96. The van der Waals surface area contributed by atoms with Crippen molar-refractivity contribution in [3.05, 3.63) is 35.9 Å². The minimum absolute atomic E-state index is 0.251. The van der Waals surface area contributed by atoms with Gasteiger partial charge in [0.15, 0.2) is 0 Å². The largest absolute Gasteiger partial charge is 0.468 e. The zero-order valence-electron chi connectivity index (χ0n) is 14.8. The Bertz CT molecular complexity index is 616. The van der Waals surface area contributed by atoms with Crippen LogP contribution in [0.4, 0.5) is 10.5 Å². The van der Waals surface area contributed by atoms with Crippen LogP contribution in [0, 0.1) is 0 Å². The van der Waals surface area contributed by atoms with E-state index in [-0.39, 0.29) is 6.54 Å². The molecular weight excluding hydrogens is 310 g/mol. The topological polar surface area (TPSA) is 76.1 Å². The molecule has 0 saturated heterocycles. The summed E-state index contributed by atoms with van der Waals surface area (Å²) >= 11 is 0. The molecule has 6 nitrogen and oxygen atoms in total. The monoisotopic (exact) mass is 335 g/mol. The molecular formula is C18H25NO5. The molecule has 0 heterocycles. The van der Waals surface area contributed by atoms with E-state index in [1.807, 2.05) is 25.1 Å². The van der Waals surface area contributed by atoms with Crippen LogP contribution in [0.3, 0.4) is 0 Å². The first-order chi connectivity index (χ1) is 11.2. The number of amides is 1. The van der Waals surface area contributed by atoms with Crippen molar-refractivity contribution in [3.8, 4) is 0 Å². The lowest BCUT2D eigenvalue weighted by atomic mass is 9.99. The Hall–Kier alpha value is -2.34. The van der Waals surface area contributed by atoms with Crippen molar-refractivity contribution < 1.29 is 24.2 Å². The molecule has 0 fully saturated rings. The Morgan fingerprint density at radius 3 is 2.38 bits per heavy atom. The summed E-state index contributed by atoms with van der Waals surface area (Å²) in [6.07, 6.45) is 1.71. The fourth-order valence-electron chi connectivity index (χ4n) is 2.11. The van der Waals surface area contributed by atoms with Gasteiger partial charge >= 0.3 is 12.1 Å². The second-order valence-corrected chi connectivity index (χ2v) is 6.05. The molecule has 132 valence electrons. The first-order valence-corrected chi connectivity index (χ1v) is 7.60. The van der Waals surface area contributed by atoms with Crippen molar-refractivity contribution in [1.82, 2.24) is 0 Å². The molecule has 0 aromatic heterocycles. The normalized spacial score (nSPS) is 11.8. The summed E-state index contributed by atoms with van der Waals surface area (Å²) in [6.45, 7) is 5.08. The number of hydrogen-bond acceptors (Lipinski definition) is 5. The highest BCUT2D eigenvalue weighted by atomic mass is 16.5. The Morgan fingerprint density at radius 2 is 1.83 bits per heavy atom.